The first kappa shape index (κ1) is 15.4. The molecule has 1 nitrogen and oxygen atoms in total. The van der Waals surface area contributed by atoms with E-state index in [1.807, 2.05) is 0 Å². The second-order valence-electron chi connectivity index (χ2n) is 4.08. The van der Waals surface area contributed by atoms with Crippen molar-refractivity contribution in [2.45, 2.75) is 31.5 Å². The lowest BCUT2D eigenvalue weighted by Gasteiger charge is -2.17. The summed E-state index contributed by atoms with van der Waals surface area (Å²) in [7, 11) is 1.58. The van der Waals surface area contributed by atoms with Crippen LogP contribution in [0, 0.1) is 5.82 Å². The molecule has 0 fully saturated rings. The lowest BCUT2D eigenvalue weighted by Crippen LogP contribution is -2.29. The number of benzene rings is 1. The Morgan fingerprint density at radius 2 is 2.00 bits per heavy atom. The van der Waals surface area contributed by atoms with Gasteiger partial charge in [-0.05, 0) is 43.7 Å². The molecule has 0 bridgehead atoms. The molecule has 0 aliphatic carbocycles. The number of halogens is 5. The van der Waals surface area contributed by atoms with Gasteiger partial charge in [0.2, 0.25) is 0 Å². The Kier molecular flexibility index (Phi) is 5.59. The molecule has 0 spiro atoms. The van der Waals surface area contributed by atoms with Crippen molar-refractivity contribution in [2.75, 3.05) is 7.05 Å². The minimum absolute atomic E-state index is 0.0635. The zero-order chi connectivity index (χ0) is 13.8. The van der Waals surface area contributed by atoms with E-state index in [2.05, 4.69) is 21.2 Å². The number of likely N-dealkylation sites (N-methyl/N-ethyl adjacent to an activating group) is 1. The van der Waals surface area contributed by atoms with Crippen LogP contribution in [-0.4, -0.2) is 19.3 Å². The van der Waals surface area contributed by atoms with Gasteiger partial charge in [0.25, 0.3) is 0 Å². The van der Waals surface area contributed by atoms with Gasteiger partial charge in [-0.1, -0.05) is 15.9 Å². The van der Waals surface area contributed by atoms with Crippen LogP contribution in [0.1, 0.15) is 18.4 Å². The Bertz CT molecular complexity index is 392. The molecular weight excluding hydrogens is 314 g/mol. The van der Waals surface area contributed by atoms with Crippen LogP contribution in [0.15, 0.2) is 22.7 Å². The summed E-state index contributed by atoms with van der Waals surface area (Å²) in [6.45, 7) is 0. The fourth-order valence-corrected chi connectivity index (χ4v) is 2.06. The fraction of sp³-hybridized carbons (Fsp3) is 0.500. The Labute approximate surface area is 112 Å². The summed E-state index contributed by atoms with van der Waals surface area (Å²) in [5, 5.41) is 2.79. The Morgan fingerprint density at radius 3 is 2.56 bits per heavy atom. The number of nitrogens with one attached hydrogen (secondary N) is 1. The van der Waals surface area contributed by atoms with Gasteiger partial charge in [0.05, 0.1) is 0 Å². The summed E-state index contributed by atoms with van der Waals surface area (Å²) >= 11 is 3.21. The van der Waals surface area contributed by atoms with Gasteiger partial charge in [0, 0.05) is 16.9 Å². The van der Waals surface area contributed by atoms with Gasteiger partial charge in [-0.3, -0.25) is 0 Å². The van der Waals surface area contributed by atoms with E-state index >= 15 is 0 Å². The van der Waals surface area contributed by atoms with Crippen LogP contribution in [0.5, 0.6) is 0 Å². The Hall–Kier alpha value is -0.620. The third-order valence-corrected chi connectivity index (χ3v) is 3.15. The van der Waals surface area contributed by atoms with Crippen LogP contribution in [0.4, 0.5) is 17.6 Å². The smallest absolute Gasteiger partial charge is 0.317 e. The van der Waals surface area contributed by atoms with Crippen molar-refractivity contribution >= 4 is 15.9 Å². The SMILES string of the molecule is CNC(CCC(F)(F)F)Cc1cc(Br)ccc1F. The minimum Gasteiger partial charge on any atom is -0.317 e. The molecule has 0 radical (unpaired) electrons. The predicted molar refractivity (Wildman–Crippen MR) is 65.9 cm³/mol. The van der Waals surface area contributed by atoms with Crippen LogP contribution < -0.4 is 5.32 Å². The van der Waals surface area contributed by atoms with Crippen LogP contribution in [0.2, 0.25) is 0 Å². The summed E-state index contributed by atoms with van der Waals surface area (Å²) in [5.74, 6) is -0.398. The van der Waals surface area contributed by atoms with Gasteiger partial charge < -0.3 is 5.32 Å². The third-order valence-electron chi connectivity index (χ3n) is 2.66. The normalized spacial score (nSPS) is 13.7. The van der Waals surface area contributed by atoms with Crippen molar-refractivity contribution < 1.29 is 17.6 Å². The van der Waals surface area contributed by atoms with Gasteiger partial charge in [-0.15, -0.1) is 0 Å². The van der Waals surface area contributed by atoms with Gasteiger partial charge in [0.15, 0.2) is 0 Å². The maximum Gasteiger partial charge on any atom is 0.389 e. The summed E-state index contributed by atoms with van der Waals surface area (Å²) < 4.78 is 50.6. The fourth-order valence-electron chi connectivity index (χ4n) is 1.65. The van der Waals surface area contributed by atoms with Crippen molar-refractivity contribution in [1.82, 2.24) is 5.32 Å². The maximum absolute atomic E-state index is 13.5. The van der Waals surface area contributed by atoms with Crippen LogP contribution in [0.25, 0.3) is 0 Å². The van der Waals surface area contributed by atoms with E-state index in [1.165, 1.54) is 6.07 Å². The average molecular weight is 328 g/mol. The van der Waals surface area contributed by atoms with Crippen molar-refractivity contribution in [3.8, 4) is 0 Å². The first-order valence-electron chi connectivity index (χ1n) is 5.50. The summed E-state index contributed by atoms with van der Waals surface area (Å²) in [6.07, 6.45) is -4.87. The molecule has 6 heteroatoms. The molecule has 1 N–H and O–H groups in total. The predicted octanol–water partition coefficient (Wildman–Crippen LogP) is 4.06. The average Bonchev–Trinajstić information content (AvgIpc) is 2.27. The van der Waals surface area contributed by atoms with Crippen molar-refractivity contribution in [2.24, 2.45) is 0 Å². The molecule has 0 amide bonds. The van der Waals surface area contributed by atoms with Crippen molar-refractivity contribution in [3.63, 3.8) is 0 Å². The molecule has 1 atom stereocenters. The summed E-state index contributed by atoms with van der Waals surface area (Å²) in [5.41, 5.74) is 0.408. The molecule has 0 saturated heterocycles. The first-order valence-corrected chi connectivity index (χ1v) is 6.29. The van der Waals surface area contributed by atoms with Crippen LogP contribution in [0.3, 0.4) is 0 Å². The molecule has 0 aliphatic rings. The largest absolute Gasteiger partial charge is 0.389 e. The van der Waals surface area contributed by atoms with E-state index in [0.29, 0.717) is 10.0 Å². The maximum atomic E-state index is 13.5. The van der Waals surface area contributed by atoms with Crippen LogP contribution in [-0.2, 0) is 6.42 Å². The zero-order valence-corrected chi connectivity index (χ0v) is 11.4. The zero-order valence-electron chi connectivity index (χ0n) is 9.82. The van der Waals surface area contributed by atoms with Gasteiger partial charge in [0.1, 0.15) is 5.82 Å². The topological polar surface area (TPSA) is 12.0 Å². The highest BCUT2D eigenvalue weighted by Crippen LogP contribution is 2.24. The molecular formula is C12H14BrF4N. The molecule has 0 saturated carbocycles. The minimum atomic E-state index is -4.18. The highest BCUT2D eigenvalue weighted by Gasteiger charge is 2.28. The van der Waals surface area contributed by atoms with E-state index in [1.54, 1.807) is 19.2 Å². The molecule has 1 rings (SSSR count). The molecule has 102 valence electrons. The lowest BCUT2D eigenvalue weighted by molar-refractivity contribution is -0.136. The van der Waals surface area contributed by atoms with E-state index in [9.17, 15) is 17.6 Å². The van der Waals surface area contributed by atoms with E-state index in [0.717, 1.165) is 0 Å². The van der Waals surface area contributed by atoms with Gasteiger partial charge in [-0.25, -0.2) is 4.39 Å². The monoisotopic (exact) mass is 327 g/mol. The summed E-state index contributed by atoms with van der Waals surface area (Å²) in [4.78, 5) is 0. The van der Waals surface area contributed by atoms with Gasteiger partial charge in [-0.2, -0.15) is 13.2 Å². The number of hydrogen-bond acceptors (Lipinski definition) is 1. The van der Waals surface area contributed by atoms with Gasteiger partial charge >= 0.3 is 6.18 Å². The highest BCUT2D eigenvalue weighted by atomic mass is 79.9. The molecule has 1 aromatic rings. The quantitative estimate of drug-likeness (QED) is 0.804. The molecule has 0 heterocycles. The van der Waals surface area contributed by atoms with Crippen molar-refractivity contribution in [3.05, 3.63) is 34.1 Å². The Balaban J connectivity index is 2.65. The highest BCUT2D eigenvalue weighted by molar-refractivity contribution is 9.10. The second kappa shape index (κ2) is 6.52. The van der Waals surface area contributed by atoms with E-state index in [-0.39, 0.29) is 12.8 Å². The summed E-state index contributed by atoms with van der Waals surface area (Å²) in [6, 6.07) is 4.06. The van der Waals surface area contributed by atoms with E-state index < -0.39 is 24.5 Å². The molecule has 0 aliphatic heterocycles. The standard InChI is InChI=1S/C12H14BrF4N/c1-18-10(4-5-12(15,16)17)7-8-6-9(13)2-3-11(8)14/h2-3,6,10,18H,4-5,7H2,1H3. The Morgan fingerprint density at radius 1 is 1.33 bits per heavy atom. The molecule has 1 unspecified atom stereocenters. The molecule has 18 heavy (non-hydrogen) atoms. The van der Waals surface area contributed by atoms with Crippen LogP contribution >= 0.6 is 15.9 Å². The lowest BCUT2D eigenvalue weighted by atomic mass is 10.0. The second-order valence-corrected chi connectivity index (χ2v) is 4.99. The number of hydrogen-bond donors (Lipinski definition) is 1. The molecule has 1 aromatic carbocycles. The third kappa shape index (κ3) is 5.35. The first-order chi connectivity index (χ1) is 8.31. The van der Waals surface area contributed by atoms with E-state index in [4.69, 9.17) is 0 Å². The number of alkyl halides is 3. The number of rotatable bonds is 5. The molecule has 0 aromatic heterocycles. The van der Waals surface area contributed by atoms with Crippen molar-refractivity contribution in [1.29, 1.82) is 0 Å².